The molecule has 1 unspecified atom stereocenters. The predicted molar refractivity (Wildman–Crippen MR) is 152 cm³/mol. The van der Waals surface area contributed by atoms with E-state index >= 15 is 0 Å². The molecule has 9 nitrogen and oxygen atoms in total. The second-order valence-corrected chi connectivity index (χ2v) is 11.1. The van der Waals surface area contributed by atoms with Crippen molar-refractivity contribution in [2.45, 2.75) is 31.8 Å². The summed E-state index contributed by atoms with van der Waals surface area (Å²) in [6.45, 7) is 4.56. The SMILES string of the molecule is COc1ccc(CN)cc1-n1nc2c3c1C(C)(C)c1cc(Cl)ccc1C3N(c1cc(Cl)c(=O)n(C)c1)C(=O)N2. The molecule has 6 rings (SSSR count). The summed E-state index contributed by atoms with van der Waals surface area (Å²) < 4.78 is 8.91. The minimum absolute atomic E-state index is 0.0142. The van der Waals surface area contributed by atoms with Crippen molar-refractivity contribution >= 4 is 40.7 Å². The van der Waals surface area contributed by atoms with E-state index in [-0.39, 0.29) is 10.6 Å². The summed E-state index contributed by atoms with van der Waals surface area (Å²) in [5, 5.41) is 8.48. The van der Waals surface area contributed by atoms with Crippen LogP contribution in [0.25, 0.3) is 5.69 Å². The number of hydrogen-bond acceptors (Lipinski definition) is 5. The number of carbonyl (C=O) groups excluding carboxylic acids is 1. The molecule has 0 bridgehead atoms. The van der Waals surface area contributed by atoms with Gasteiger partial charge in [-0.25, -0.2) is 9.48 Å². The number of hydrogen-bond donors (Lipinski definition) is 2. The van der Waals surface area contributed by atoms with Gasteiger partial charge >= 0.3 is 6.03 Å². The highest BCUT2D eigenvalue weighted by atomic mass is 35.5. The number of benzene rings is 2. The van der Waals surface area contributed by atoms with Gasteiger partial charge in [-0.1, -0.05) is 49.2 Å². The minimum atomic E-state index is -0.573. The standard InChI is InChI=1S/C28H26Cl2N6O3/c1-28(2)18-10-15(29)6-7-17(18)23-22-24(28)36(20-9-14(12-31)5-8-21(20)39-4)33-25(22)32-27(38)35(23)16-11-19(30)26(37)34(3)13-16/h5-11,13,23H,12,31H2,1-4H3,(H,32,33,38). The Labute approximate surface area is 234 Å². The number of rotatable bonds is 4. The van der Waals surface area contributed by atoms with Crippen LogP contribution in [0.1, 0.15) is 47.8 Å². The maximum absolute atomic E-state index is 13.7. The fourth-order valence-electron chi connectivity index (χ4n) is 5.78. The Hall–Kier alpha value is -3.79. The molecule has 39 heavy (non-hydrogen) atoms. The highest BCUT2D eigenvalue weighted by Gasteiger charge is 2.49. The van der Waals surface area contributed by atoms with Crippen LogP contribution < -0.4 is 26.2 Å². The molecule has 2 aromatic carbocycles. The number of nitrogens with one attached hydrogen (secondary N) is 1. The summed E-state index contributed by atoms with van der Waals surface area (Å²) in [6, 6.07) is 12.0. The first-order valence-corrected chi connectivity index (χ1v) is 13.1. The third-order valence-electron chi connectivity index (χ3n) is 7.58. The molecular weight excluding hydrogens is 539 g/mol. The van der Waals surface area contributed by atoms with E-state index in [4.69, 9.17) is 38.8 Å². The Morgan fingerprint density at radius 2 is 1.90 bits per heavy atom. The molecule has 0 saturated heterocycles. The molecule has 0 saturated carbocycles. The molecular formula is C28H26Cl2N6O3. The first-order valence-electron chi connectivity index (χ1n) is 12.3. The quantitative estimate of drug-likeness (QED) is 0.357. The average molecular weight is 565 g/mol. The maximum Gasteiger partial charge on any atom is 0.328 e. The lowest BCUT2D eigenvalue weighted by Gasteiger charge is -2.44. The van der Waals surface area contributed by atoms with E-state index in [0.717, 1.165) is 27.9 Å². The van der Waals surface area contributed by atoms with Gasteiger partial charge in [-0.15, -0.1) is 5.10 Å². The van der Waals surface area contributed by atoms with E-state index in [1.807, 2.05) is 41.1 Å². The summed E-state index contributed by atoms with van der Waals surface area (Å²) in [7, 11) is 3.20. The Balaban J connectivity index is 1.70. The number of anilines is 2. The van der Waals surface area contributed by atoms with Crippen molar-refractivity contribution in [1.82, 2.24) is 14.3 Å². The molecule has 4 aromatic rings. The van der Waals surface area contributed by atoms with Gasteiger partial charge in [-0.3, -0.25) is 15.0 Å². The zero-order valence-electron chi connectivity index (χ0n) is 21.8. The number of ether oxygens (including phenoxy) is 1. The van der Waals surface area contributed by atoms with E-state index < -0.39 is 17.5 Å². The molecule has 1 aliphatic carbocycles. The second-order valence-electron chi connectivity index (χ2n) is 10.3. The number of nitrogens with two attached hydrogens (primary N) is 1. The van der Waals surface area contributed by atoms with Crippen molar-refractivity contribution < 1.29 is 9.53 Å². The van der Waals surface area contributed by atoms with Gasteiger partial charge in [0.05, 0.1) is 24.5 Å². The summed E-state index contributed by atoms with van der Waals surface area (Å²) in [4.78, 5) is 27.7. The van der Waals surface area contributed by atoms with Crippen molar-refractivity contribution in [3.05, 3.63) is 97.0 Å². The van der Waals surface area contributed by atoms with E-state index in [1.165, 1.54) is 10.6 Å². The largest absolute Gasteiger partial charge is 0.494 e. The van der Waals surface area contributed by atoms with Crippen LogP contribution in [0.2, 0.25) is 10.0 Å². The molecule has 2 aromatic heterocycles. The highest BCUT2D eigenvalue weighted by molar-refractivity contribution is 6.31. The summed E-state index contributed by atoms with van der Waals surface area (Å²) in [5.74, 6) is 1.06. The number of amides is 2. The van der Waals surface area contributed by atoms with Gasteiger partial charge in [-0.05, 0) is 47.0 Å². The zero-order valence-corrected chi connectivity index (χ0v) is 23.3. The van der Waals surface area contributed by atoms with E-state index in [9.17, 15) is 9.59 Å². The van der Waals surface area contributed by atoms with Crippen LogP contribution in [-0.4, -0.2) is 27.5 Å². The highest BCUT2D eigenvalue weighted by Crippen LogP contribution is 2.54. The number of nitrogens with zero attached hydrogens (tertiary/aromatic N) is 4. The average Bonchev–Trinajstić information content (AvgIpc) is 3.29. The van der Waals surface area contributed by atoms with Gasteiger partial charge in [0.2, 0.25) is 0 Å². The van der Waals surface area contributed by atoms with E-state index in [1.54, 1.807) is 25.3 Å². The van der Waals surface area contributed by atoms with Crippen molar-refractivity contribution in [1.29, 1.82) is 0 Å². The normalized spacial score (nSPS) is 16.9. The van der Waals surface area contributed by atoms with Gasteiger partial charge in [-0.2, -0.15) is 0 Å². The number of halogens is 2. The first kappa shape index (κ1) is 25.5. The molecule has 2 amide bonds. The van der Waals surface area contributed by atoms with Crippen LogP contribution in [0.4, 0.5) is 16.3 Å². The Morgan fingerprint density at radius 1 is 1.13 bits per heavy atom. The Kier molecular flexibility index (Phi) is 5.80. The number of pyridine rings is 1. The summed E-state index contributed by atoms with van der Waals surface area (Å²) in [5.41, 5.74) is 10.7. The topological polar surface area (TPSA) is 107 Å². The third-order valence-corrected chi connectivity index (χ3v) is 8.09. The van der Waals surface area contributed by atoms with Crippen LogP contribution in [0.5, 0.6) is 5.75 Å². The monoisotopic (exact) mass is 564 g/mol. The zero-order chi connectivity index (χ0) is 27.8. The molecule has 0 radical (unpaired) electrons. The fraction of sp³-hybridized carbons (Fsp3) is 0.250. The van der Waals surface area contributed by atoms with Gasteiger partial charge in [0, 0.05) is 35.8 Å². The molecule has 1 aliphatic heterocycles. The van der Waals surface area contributed by atoms with Crippen molar-refractivity contribution in [2.24, 2.45) is 12.8 Å². The first-order chi connectivity index (χ1) is 18.6. The van der Waals surface area contributed by atoms with E-state index in [0.29, 0.717) is 34.5 Å². The van der Waals surface area contributed by atoms with Gasteiger partial charge in [0.25, 0.3) is 5.56 Å². The van der Waals surface area contributed by atoms with Gasteiger partial charge < -0.3 is 15.0 Å². The molecule has 0 fully saturated rings. The molecule has 0 spiro atoms. The van der Waals surface area contributed by atoms with Crippen molar-refractivity contribution in [2.75, 3.05) is 17.3 Å². The third kappa shape index (κ3) is 3.68. The lowest BCUT2D eigenvalue weighted by atomic mass is 9.69. The van der Waals surface area contributed by atoms with Crippen LogP contribution in [0.15, 0.2) is 53.5 Å². The number of aromatic nitrogens is 3. The molecule has 11 heteroatoms. The van der Waals surface area contributed by atoms with Crippen LogP contribution in [-0.2, 0) is 19.0 Å². The summed E-state index contributed by atoms with van der Waals surface area (Å²) in [6.07, 6.45) is 1.60. The maximum atomic E-state index is 13.7. The molecule has 3 heterocycles. The second kappa shape index (κ2) is 8.87. The van der Waals surface area contributed by atoms with E-state index in [2.05, 4.69) is 19.2 Å². The molecule has 3 N–H and O–H groups in total. The van der Waals surface area contributed by atoms with Crippen LogP contribution in [0.3, 0.4) is 0 Å². The lowest BCUT2D eigenvalue weighted by molar-refractivity contribution is 0.254. The van der Waals surface area contributed by atoms with Gasteiger partial charge in [0.1, 0.15) is 16.5 Å². The van der Waals surface area contributed by atoms with Crippen LogP contribution >= 0.6 is 23.2 Å². The van der Waals surface area contributed by atoms with Crippen molar-refractivity contribution in [3.8, 4) is 11.4 Å². The smallest absolute Gasteiger partial charge is 0.328 e. The van der Waals surface area contributed by atoms with Crippen molar-refractivity contribution in [3.63, 3.8) is 0 Å². The summed E-state index contributed by atoms with van der Waals surface area (Å²) >= 11 is 12.8. The number of aryl methyl sites for hydroxylation is 1. The lowest BCUT2D eigenvalue weighted by Crippen LogP contribution is -2.47. The number of fused-ring (bicyclic) bond motifs is 2. The molecule has 2 aliphatic rings. The fourth-order valence-corrected chi connectivity index (χ4v) is 6.19. The Morgan fingerprint density at radius 3 is 2.59 bits per heavy atom. The number of carbonyl (C=O) groups is 1. The number of urea groups is 1. The van der Waals surface area contributed by atoms with Gasteiger partial charge in [0.15, 0.2) is 5.82 Å². The Bertz CT molecular complexity index is 1720. The molecule has 200 valence electrons. The molecule has 1 atom stereocenters. The number of methoxy groups -OCH3 is 1. The van der Waals surface area contributed by atoms with Crippen LogP contribution in [0, 0.1) is 0 Å². The minimum Gasteiger partial charge on any atom is -0.494 e. The predicted octanol–water partition coefficient (Wildman–Crippen LogP) is 5.13.